The number of aliphatic hydroxyl groups is 1. The van der Waals surface area contributed by atoms with Gasteiger partial charge in [-0.1, -0.05) is 6.07 Å². The van der Waals surface area contributed by atoms with Crippen molar-refractivity contribution >= 4 is 11.7 Å². The van der Waals surface area contributed by atoms with Crippen molar-refractivity contribution in [3.63, 3.8) is 0 Å². The molecule has 3 aromatic rings. The molecule has 35 heavy (non-hydrogen) atoms. The molecule has 0 saturated carbocycles. The van der Waals surface area contributed by atoms with Gasteiger partial charge in [0.1, 0.15) is 17.5 Å². The average molecular weight is 480 g/mol. The van der Waals surface area contributed by atoms with Crippen molar-refractivity contribution in [2.45, 2.75) is 44.9 Å². The third-order valence-corrected chi connectivity index (χ3v) is 5.80. The summed E-state index contributed by atoms with van der Waals surface area (Å²) in [4.78, 5) is 17.6. The zero-order valence-electron chi connectivity index (χ0n) is 19.6. The zero-order chi connectivity index (χ0) is 25.2. The number of rotatable bonds is 7. The van der Waals surface area contributed by atoms with E-state index in [1.54, 1.807) is 38.2 Å². The molecule has 182 valence electrons. The van der Waals surface area contributed by atoms with Gasteiger partial charge in [-0.3, -0.25) is 9.89 Å². The lowest BCUT2D eigenvalue weighted by Crippen LogP contribution is -2.52. The van der Waals surface area contributed by atoms with Crippen LogP contribution in [0.1, 0.15) is 37.6 Å². The number of carbonyl (C=O) groups is 1. The third kappa shape index (κ3) is 5.63. The van der Waals surface area contributed by atoms with Gasteiger partial charge in [0.05, 0.1) is 34.2 Å². The third-order valence-electron chi connectivity index (χ3n) is 5.80. The Morgan fingerprint density at radius 2 is 1.94 bits per heavy atom. The van der Waals surface area contributed by atoms with E-state index in [0.717, 1.165) is 0 Å². The Bertz CT molecular complexity index is 1280. The molecule has 2 heterocycles. The largest absolute Gasteiger partial charge is 0.388 e. The number of carbonyl (C=O) groups excluding carboxylic acids is 1. The van der Waals surface area contributed by atoms with E-state index >= 15 is 0 Å². The molecule has 4 N–H and O–H groups in total. The summed E-state index contributed by atoms with van der Waals surface area (Å²) in [7, 11) is 0. The normalized spacial score (nSPS) is 16.4. The van der Waals surface area contributed by atoms with Crippen molar-refractivity contribution in [3.8, 4) is 22.5 Å². The molecule has 2 atom stereocenters. The molecule has 0 aliphatic carbocycles. The Labute approximate surface area is 202 Å². The smallest absolute Gasteiger partial charge is 0.252 e. The average Bonchev–Trinajstić information content (AvgIpc) is 3.28. The molecule has 0 radical (unpaired) electrons. The highest BCUT2D eigenvalue weighted by Crippen LogP contribution is 2.29. The van der Waals surface area contributed by atoms with Crippen molar-refractivity contribution in [1.82, 2.24) is 20.8 Å². The summed E-state index contributed by atoms with van der Waals surface area (Å²) in [5, 5.41) is 23.8. The van der Waals surface area contributed by atoms with Crippen molar-refractivity contribution in [2.75, 3.05) is 0 Å². The number of hydrogen-bond acceptors (Lipinski definition) is 5. The number of halogens is 2. The second-order valence-electron chi connectivity index (χ2n) is 9.07. The molecule has 4 rings (SSSR count). The van der Waals surface area contributed by atoms with Crippen LogP contribution in [-0.2, 0) is 0 Å². The van der Waals surface area contributed by atoms with Gasteiger partial charge in [0.25, 0.3) is 5.91 Å². The van der Waals surface area contributed by atoms with E-state index in [4.69, 9.17) is 0 Å². The van der Waals surface area contributed by atoms with Gasteiger partial charge in [0.15, 0.2) is 0 Å². The van der Waals surface area contributed by atoms with E-state index in [0.29, 0.717) is 17.1 Å². The van der Waals surface area contributed by atoms with Crippen LogP contribution in [0.4, 0.5) is 8.78 Å². The number of hydrogen-bond donors (Lipinski definition) is 4. The van der Waals surface area contributed by atoms with Crippen molar-refractivity contribution in [1.29, 1.82) is 0 Å². The number of nitrogens with one attached hydrogen (secondary N) is 3. The summed E-state index contributed by atoms with van der Waals surface area (Å²) in [5.74, 6) is -0.921. The summed E-state index contributed by atoms with van der Waals surface area (Å²) in [6.07, 6.45) is 3.83. The van der Waals surface area contributed by atoms with Crippen LogP contribution in [0.25, 0.3) is 22.5 Å². The number of aliphatic imine (C=N–C) groups is 1. The molecule has 0 saturated heterocycles. The SMILES string of the molecule is CC1C=CN=C(C[C@@H](NC(=O)c2cccc(F)c2-c2cc(-c3ccc(F)cc3)[nH]n2)C(C)(C)O)N1. The molecule has 1 aromatic heterocycles. The maximum atomic E-state index is 15.0. The summed E-state index contributed by atoms with van der Waals surface area (Å²) in [6, 6.07) is 11.0. The van der Waals surface area contributed by atoms with Gasteiger partial charge in [-0.25, -0.2) is 13.8 Å². The van der Waals surface area contributed by atoms with Crippen molar-refractivity contribution in [3.05, 3.63) is 78.0 Å². The van der Waals surface area contributed by atoms with Crippen LogP contribution in [-0.4, -0.2) is 44.7 Å². The van der Waals surface area contributed by atoms with E-state index in [-0.39, 0.29) is 35.1 Å². The Morgan fingerprint density at radius 3 is 2.63 bits per heavy atom. The molecule has 1 unspecified atom stereocenters. The number of aromatic amines is 1. The van der Waals surface area contributed by atoms with Crippen LogP contribution in [0, 0.1) is 11.6 Å². The minimum absolute atomic E-state index is 0.0220. The van der Waals surface area contributed by atoms with Gasteiger partial charge < -0.3 is 15.7 Å². The molecule has 0 fully saturated rings. The zero-order valence-corrected chi connectivity index (χ0v) is 19.6. The topological polar surface area (TPSA) is 102 Å². The summed E-state index contributed by atoms with van der Waals surface area (Å²) < 4.78 is 28.2. The Balaban J connectivity index is 1.62. The number of amides is 1. The number of H-pyrrole nitrogens is 1. The quantitative estimate of drug-likeness (QED) is 0.408. The number of benzene rings is 2. The lowest BCUT2D eigenvalue weighted by atomic mass is 9.93. The van der Waals surface area contributed by atoms with Crippen molar-refractivity contribution in [2.24, 2.45) is 4.99 Å². The van der Waals surface area contributed by atoms with E-state index in [1.165, 1.54) is 30.3 Å². The van der Waals surface area contributed by atoms with Gasteiger partial charge >= 0.3 is 0 Å². The van der Waals surface area contributed by atoms with E-state index in [9.17, 15) is 18.7 Å². The van der Waals surface area contributed by atoms with Crippen LogP contribution in [0.5, 0.6) is 0 Å². The molecule has 0 spiro atoms. The highest BCUT2D eigenvalue weighted by molar-refractivity contribution is 6.01. The highest BCUT2D eigenvalue weighted by atomic mass is 19.1. The second-order valence-corrected chi connectivity index (χ2v) is 9.07. The van der Waals surface area contributed by atoms with Crippen LogP contribution < -0.4 is 10.6 Å². The fourth-order valence-corrected chi connectivity index (χ4v) is 3.83. The molecule has 2 aromatic carbocycles. The van der Waals surface area contributed by atoms with E-state index in [1.807, 2.05) is 13.0 Å². The molecule has 0 bridgehead atoms. The lowest BCUT2D eigenvalue weighted by molar-refractivity contribution is 0.0370. The fourth-order valence-electron chi connectivity index (χ4n) is 3.83. The van der Waals surface area contributed by atoms with Gasteiger partial charge in [-0.05, 0) is 74.9 Å². The first-order valence-corrected chi connectivity index (χ1v) is 11.2. The molecular formula is C26H27F2N5O2. The van der Waals surface area contributed by atoms with Gasteiger partial charge in [0.2, 0.25) is 0 Å². The summed E-state index contributed by atoms with van der Waals surface area (Å²) in [6.45, 7) is 5.15. The highest BCUT2D eigenvalue weighted by Gasteiger charge is 2.31. The van der Waals surface area contributed by atoms with E-state index in [2.05, 4.69) is 25.8 Å². The lowest BCUT2D eigenvalue weighted by Gasteiger charge is -2.32. The molecule has 9 heteroatoms. The number of nitrogens with zero attached hydrogens (tertiary/aromatic N) is 2. The van der Waals surface area contributed by atoms with Gasteiger partial charge in [-0.2, -0.15) is 5.10 Å². The predicted octanol–water partition coefficient (Wildman–Crippen LogP) is 4.19. The molecule has 1 aliphatic rings. The van der Waals surface area contributed by atoms with Gasteiger partial charge in [0, 0.05) is 18.7 Å². The number of aromatic nitrogens is 2. The molecule has 1 amide bonds. The maximum Gasteiger partial charge on any atom is 0.252 e. The molecule has 7 nitrogen and oxygen atoms in total. The Hall–Kier alpha value is -3.85. The van der Waals surface area contributed by atoms with Crippen LogP contribution in [0.15, 0.2) is 65.8 Å². The van der Waals surface area contributed by atoms with Crippen LogP contribution >= 0.6 is 0 Å². The minimum atomic E-state index is -1.28. The van der Waals surface area contributed by atoms with Crippen LogP contribution in [0.3, 0.4) is 0 Å². The minimum Gasteiger partial charge on any atom is -0.388 e. The standard InChI is InChI=1S/C26H27F2N5O2/c1-15-11-12-29-23(30-15)14-22(26(2,3)35)31-25(34)18-5-4-6-19(28)24(18)21-13-20(32-33-21)16-7-9-17(27)10-8-16/h4-13,15,22,35H,14H2,1-3H3,(H,29,30)(H,31,34)(H,32,33)/t15?,22-/m1/s1. The summed E-state index contributed by atoms with van der Waals surface area (Å²) in [5.41, 5.74) is 0.257. The van der Waals surface area contributed by atoms with Crippen molar-refractivity contribution < 1.29 is 18.7 Å². The fraction of sp³-hybridized carbons (Fsp3) is 0.269. The predicted molar refractivity (Wildman–Crippen MR) is 131 cm³/mol. The first kappa shape index (κ1) is 24.3. The maximum absolute atomic E-state index is 15.0. The van der Waals surface area contributed by atoms with Crippen LogP contribution in [0.2, 0.25) is 0 Å². The molecular weight excluding hydrogens is 452 g/mol. The Morgan fingerprint density at radius 1 is 1.20 bits per heavy atom. The number of amidine groups is 1. The van der Waals surface area contributed by atoms with E-state index < -0.39 is 23.4 Å². The monoisotopic (exact) mass is 479 g/mol. The van der Waals surface area contributed by atoms with Gasteiger partial charge in [-0.15, -0.1) is 0 Å². The first-order chi connectivity index (χ1) is 16.6. The second kappa shape index (κ2) is 9.79. The Kier molecular flexibility index (Phi) is 6.79. The first-order valence-electron chi connectivity index (χ1n) is 11.2. The summed E-state index contributed by atoms with van der Waals surface area (Å²) >= 11 is 0. The molecule has 1 aliphatic heterocycles.